The molecule has 2 aromatic rings. The number of carbonyl (C=O) groups is 1. The molecule has 4 nitrogen and oxygen atoms in total. The number of carbonyl (C=O) groups excluding carboxylic acids is 1. The van der Waals surface area contributed by atoms with Gasteiger partial charge in [0, 0.05) is 16.5 Å². The molecule has 0 amide bonds. The van der Waals surface area contributed by atoms with Crippen molar-refractivity contribution in [1.29, 1.82) is 0 Å². The molecule has 0 saturated carbocycles. The maximum atomic E-state index is 12.4. The van der Waals surface area contributed by atoms with Gasteiger partial charge in [0.15, 0.2) is 5.76 Å². The third kappa shape index (κ3) is 3.53. The molecule has 5 heteroatoms. The highest BCUT2D eigenvalue weighted by Gasteiger charge is 2.23. The lowest BCUT2D eigenvalue weighted by Crippen LogP contribution is -2.24. The van der Waals surface area contributed by atoms with Gasteiger partial charge in [-0.1, -0.05) is 5.16 Å². The average Bonchev–Trinajstić information content (AvgIpc) is 2.82. The normalized spacial score (nSPS) is 11.5. The van der Waals surface area contributed by atoms with Crippen molar-refractivity contribution in [3.8, 4) is 11.3 Å². The largest absolute Gasteiger partial charge is 0.456 e. The van der Waals surface area contributed by atoms with Gasteiger partial charge in [-0.15, -0.1) is 11.8 Å². The number of nitrogens with zero attached hydrogens (tertiary/aromatic N) is 1. The second-order valence-electron chi connectivity index (χ2n) is 6.15. The minimum absolute atomic E-state index is 0.324. The highest BCUT2D eigenvalue weighted by atomic mass is 32.2. The fraction of sp³-hybridized carbons (Fsp3) is 0.412. The van der Waals surface area contributed by atoms with Crippen LogP contribution in [-0.2, 0) is 4.74 Å². The van der Waals surface area contributed by atoms with Crippen molar-refractivity contribution < 1.29 is 14.1 Å². The van der Waals surface area contributed by atoms with Crippen molar-refractivity contribution in [3.05, 3.63) is 35.0 Å². The van der Waals surface area contributed by atoms with Crippen LogP contribution in [0.2, 0.25) is 0 Å². The van der Waals surface area contributed by atoms with Crippen molar-refractivity contribution >= 4 is 17.7 Å². The molecule has 0 aliphatic heterocycles. The molecule has 0 spiro atoms. The zero-order valence-corrected chi connectivity index (χ0v) is 14.6. The summed E-state index contributed by atoms with van der Waals surface area (Å²) >= 11 is 1.61. The van der Waals surface area contributed by atoms with E-state index < -0.39 is 5.60 Å². The molecule has 0 aliphatic rings. The van der Waals surface area contributed by atoms with E-state index in [0.29, 0.717) is 11.3 Å². The Kier molecular flexibility index (Phi) is 4.66. The lowest BCUT2D eigenvalue weighted by Gasteiger charge is -2.21. The highest BCUT2D eigenvalue weighted by Crippen LogP contribution is 2.35. The van der Waals surface area contributed by atoms with Gasteiger partial charge >= 0.3 is 5.97 Å². The first kappa shape index (κ1) is 16.6. The molecule has 0 N–H and O–H groups in total. The van der Waals surface area contributed by atoms with Gasteiger partial charge in [-0.25, -0.2) is 4.79 Å². The van der Waals surface area contributed by atoms with Gasteiger partial charge in [0.1, 0.15) is 5.60 Å². The van der Waals surface area contributed by atoms with Crippen molar-refractivity contribution in [2.45, 2.75) is 45.1 Å². The number of thioether (sulfide) groups is 1. The average molecular weight is 319 g/mol. The van der Waals surface area contributed by atoms with E-state index in [0.717, 1.165) is 21.7 Å². The molecule has 0 atom stereocenters. The summed E-state index contributed by atoms with van der Waals surface area (Å²) in [6.07, 6.45) is 1.99. The molecule has 1 aromatic carbocycles. The molecule has 118 valence electrons. The SMILES string of the molecule is CSc1ccc(C(=O)OC(C)(C)C)c(C)c1-c1cc(C)no1. The van der Waals surface area contributed by atoms with E-state index in [1.807, 2.05) is 59.1 Å². The number of hydrogen-bond acceptors (Lipinski definition) is 5. The maximum absolute atomic E-state index is 12.4. The Bertz CT molecular complexity index is 698. The van der Waals surface area contributed by atoms with Crippen LogP contribution in [0.5, 0.6) is 0 Å². The Hall–Kier alpha value is -1.75. The number of benzene rings is 1. The zero-order valence-electron chi connectivity index (χ0n) is 13.8. The Morgan fingerprint density at radius 3 is 2.45 bits per heavy atom. The fourth-order valence-corrected chi connectivity index (χ4v) is 2.86. The van der Waals surface area contributed by atoms with E-state index >= 15 is 0 Å². The van der Waals surface area contributed by atoms with Gasteiger partial charge in [0.25, 0.3) is 0 Å². The van der Waals surface area contributed by atoms with Crippen LogP contribution < -0.4 is 0 Å². The van der Waals surface area contributed by atoms with Gasteiger partial charge in [0.05, 0.1) is 11.3 Å². The van der Waals surface area contributed by atoms with Crippen LogP contribution in [-0.4, -0.2) is 23.0 Å². The van der Waals surface area contributed by atoms with Crippen molar-refractivity contribution in [2.24, 2.45) is 0 Å². The van der Waals surface area contributed by atoms with Gasteiger partial charge in [-0.05, 0) is 58.6 Å². The van der Waals surface area contributed by atoms with Gasteiger partial charge < -0.3 is 9.26 Å². The number of aryl methyl sites for hydroxylation is 1. The quantitative estimate of drug-likeness (QED) is 0.609. The van der Waals surface area contributed by atoms with E-state index in [1.54, 1.807) is 11.8 Å². The number of ether oxygens (including phenoxy) is 1. The van der Waals surface area contributed by atoms with Crippen LogP contribution in [0, 0.1) is 13.8 Å². The minimum atomic E-state index is -0.523. The molecular formula is C17H21NO3S. The molecule has 0 bridgehead atoms. The molecule has 1 aromatic heterocycles. The summed E-state index contributed by atoms with van der Waals surface area (Å²) in [5, 5.41) is 3.94. The molecule has 1 heterocycles. The highest BCUT2D eigenvalue weighted by molar-refractivity contribution is 7.98. The number of rotatable bonds is 3. The standard InChI is InChI=1S/C17H21NO3S/c1-10-9-13(21-18-10)15-11(2)12(7-8-14(15)22-6)16(19)20-17(3,4)5/h7-9H,1-6H3. The smallest absolute Gasteiger partial charge is 0.338 e. The predicted octanol–water partition coefficient (Wildman–Crippen LogP) is 4.64. The van der Waals surface area contributed by atoms with Gasteiger partial charge in [-0.3, -0.25) is 0 Å². The monoisotopic (exact) mass is 319 g/mol. The summed E-state index contributed by atoms with van der Waals surface area (Å²) in [6, 6.07) is 5.60. The molecule has 0 fully saturated rings. The lowest BCUT2D eigenvalue weighted by atomic mass is 10.00. The van der Waals surface area contributed by atoms with E-state index in [4.69, 9.17) is 9.26 Å². The molecule has 0 saturated heterocycles. The summed E-state index contributed by atoms with van der Waals surface area (Å²) in [5.74, 6) is 0.347. The Morgan fingerprint density at radius 1 is 1.27 bits per heavy atom. The van der Waals surface area contributed by atoms with Crippen LogP contribution in [0.4, 0.5) is 0 Å². The van der Waals surface area contributed by atoms with E-state index in [-0.39, 0.29) is 5.97 Å². The lowest BCUT2D eigenvalue weighted by molar-refractivity contribution is 0.00687. The fourth-order valence-electron chi connectivity index (χ4n) is 2.20. The van der Waals surface area contributed by atoms with Crippen LogP contribution >= 0.6 is 11.8 Å². The first-order chi connectivity index (χ1) is 10.2. The van der Waals surface area contributed by atoms with Gasteiger partial charge in [-0.2, -0.15) is 0 Å². The van der Waals surface area contributed by atoms with E-state index in [9.17, 15) is 4.79 Å². The second-order valence-corrected chi connectivity index (χ2v) is 7.00. The van der Waals surface area contributed by atoms with E-state index in [1.165, 1.54) is 0 Å². The molecular weight excluding hydrogens is 298 g/mol. The van der Waals surface area contributed by atoms with Crippen molar-refractivity contribution in [1.82, 2.24) is 5.16 Å². The van der Waals surface area contributed by atoms with Crippen molar-refractivity contribution in [3.63, 3.8) is 0 Å². The Labute approximate surface area is 135 Å². The Balaban J connectivity index is 2.53. The van der Waals surface area contributed by atoms with Gasteiger partial charge in [0.2, 0.25) is 0 Å². The molecule has 22 heavy (non-hydrogen) atoms. The summed E-state index contributed by atoms with van der Waals surface area (Å²) in [5.41, 5.74) is 2.58. The van der Waals surface area contributed by atoms with Crippen LogP contribution in [0.1, 0.15) is 42.4 Å². The minimum Gasteiger partial charge on any atom is -0.456 e. The maximum Gasteiger partial charge on any atom is 0.338 e. The molecule has 2 rings (SSSR count). The first-order valence-corrected chi connectivity index (χ1v) is 8.30. The summed E-state index contributed by atoms with van der Waals surface area (Å²) < 4.78 is 10.9. The molecule has 0 aliphatic carbocycles. The van der Waals surface area contributed by atoms with Crippen LogP contribution in [0.3, 0.4) is 0 Å². The zero-order chi connectivity index (χ0) is 16.5. The van der Waals surface area contributed by atoms with Crippen LogP contribution in [0.25, 0.3) is 11.3 Å². The number of hydrogen-bond donors (Lipinski definition) is 0. The summed E-state index contributed by atoms with van der Waals surface area (Å²) in [6.45, 7) is 9.36. The van der Waals surface area contributed by atoms with Crippen LogP contribution in [0.15, 0.2) is 27.6 Å². The number of esters is 1. The molecule has 0 unspecified atom stereocenters. The summed E-state index contributed by atoms with van der Waals surface area (Å²) in [4.78, 5) is 13.4. The molecule has 0 radical (unpaired) electrons. The first-order valence-electron chi connectivity index (χ1n) is 7.07. The Morgan fingerprint density at radius 2 is 1.95 bits per heavy atom. The third-order valence-electron chi connectivity index (χ3n) is 3.14. The third-order valence-corrected chi connectivity index (χ3v) is 3.92. The van der Waals surface area contributed by atoms with E-state index in [2.05, 4.69) is 5.16 Å². The second kappa shape index (κ2) is 6.16. The summed E-state index contributed by atoms with van der Waals surface area (Å²) in [7, 11) is 0. The van der Waals surface area contributed by atoms with Crippen molar-refractivity contribution in [2.75, 3.05) is 6.26 Å². The predicted molar refractivity (Wildman–Crippen MR) is 88.4 cm³/mol. The topological polar surface area (TPSA) is 52.3 Å². The number of aromatic nitrogens is 1.